The summed E-state index contributed by atoms with van der Waals surface area (Å²) in [7, 11) is 6.25. The van der Waals surface area contributed by atoms with E-state index in [0.29, 0.717) is 11.3 Å². The number of carbonyl (C=O) groups is 1. The van der Waals surface area contributed by atoms with Gasteiger partial charge in [-0.15, -0.1) is 12.4 Å². The Morgan fingerprint density at radius 1 is 0.508 bits per heavy atom. The van der Waals surface area contributed by atoms with Crippen LogP contribution >= 0.6 is 12.4 Å². The number of nitrogens with one attached hydrogen (secondary N) is 3. The summed E-state index contributed by atoms with van der Waals surface area (Å²) in [6.45, 7) is 2.38. The molecule has 5 aliphatic rings. The highest BCUT2D eigenvalue weighted by molar-refractivity contribution is 6.05. The number of hydrogen-bond donors (Lipinski definition) is 3. The van der Waals surface area contributed by atoms with Crippen LogP contribution in [0.2, 0.25) is 0 Å². The topological polar surface area (TPSA) is 96.2 Å². The Hall–Kier alpha value is -7.36. The second-order valence-electron chi connectivity index (χ2n) is 15.6. The maximum absolute atomic E-state index is 13.1. The van der Waals surface area contributed by atoms with Crippen LogP contribution in [0.5, 0.6) is 0 Å². The first-order valence-electron chi connectivity index (χ1n) is 20.2. The third-order valence-corrected chi connectivity index (χ3v) is 11.4. The summed E-state index contributed by atoms with van der Waals surface area (Å²) in [5, 5.41) is 3.06. The smallest absolute Gasteiger partial charge is 0.255 e. The molecule has 0 spiro atoms. The molecule has 0 aliphatic carbocycles. The van der Waals surface area contributed by atoms with Crippen LogP contribution in [0.4, 0.5) is 5.69 Å². The minimum atomic E-state index is -0.154. The molecular formula is C51H45ClN8O. The normalized spacial score (nSPS) is 15.4. The second kappa shape index (κ2) is 16.4. The molecule has 302 valence electrons. The Kier molecular flexibility index (Phi) is 10.5. The van der Waals surface area contributed by atoms with E-state index < -0.39 is 0 Å². The van der Waals surface area contributed by atoms with Crippen molar-refractivity contribution in [3.8, 4) is 11.1 Å². The summed E-state index contributed by atoms with van der Waals surface area (Å²) in [6.07, 6.45) is 28.2. The van der Waals surface area contributed by atoms with E-state index in [0.717, 1.165) is 109 Å². The molecule has 5 aliphatic heterocycles. The van der Waals surface area contributed by atoms with Crippen molar-refractivity contribution < 1.29 is 4.79 Å². The van der Waals surface area contributed by atoms with Gasteiger partial charge >= 0.3 is 0 Å². The highest BCUT2D eigenvalue weighted by Crippen LogP contribution is 2.37. The summed E-state index contributed by atoms with van der Waals surface area (Å²) < 4.78 is 0. The largest absolute Gasteiger partial charge is 0.377 e. The van der Waals surface area contributed by atoms with Crippen molar-refractivity contribution in [2.24, 2.45) is 0 Å². The molecule has 3 aromatic heterocycles. The van der Waals surface area contributed by atoms with Gasteiger partial charge in [0.1, 0.15) is 0 Å². The fourth-order valence-corrected chi connectivity index (χ4v) is 8.23. The molecule has 0 fully saturated rings. The van der Waals surface area contributed by atoms with Gasteiger partial charge in [0.05, 0.1) is 22.8 Å². The van der Waals surface area contributed by atoms with Crippen LogP contribution in [0.25, 0.3) is 74.2 Å². The number of anilines is 1. The van der Waals surface area contributed by atoms with Crippen LogP contribution < -0.4 is 5.32 Å². The Balaban J connectivity index is 0.00000476. The number of amides is 1. The molecule has 2 aromatic carbocycles. The molecule has 10 rings (SSSR count). The number of nitrogens with zero attached hydrogens (tertiary/aromatic N) is 5. The maximum atomic E-state index is 13.1. The fraction of sp³-hybridized carbons (Fsp3) is 0.118. The molecule has 0 saturated heterocycles. The predicted molar refractivity (Wildman–Crippen MR) is 255 cm³/mol. The molecule has 0 radical (unpaired) electrons. The number of likely N-dealkylation sites (N-methyl/N-ethyl adjacent to an activating group) is 3. The number of allylic oxidation sites excluding steroid dienone is 6. The third kappa shape index (κ3) is 7.67. The van der Waals surface area contributed by atoms with Gasteiger partial charge < -0.3 is 30.0 Å². The van der Waals surface area contributed by atoms with Gasteiger partial charge in [0.25, 0.3) is 5.91 Å². The van der Waals surface area contributed by atoms with E-state index in [2.05, 4.69) is 167 Å². The number of aromatic nitrogens is 4. The molecule has 10 heteroatoms. The quantitative estimate of drug-likeness (QED) is 0.155. The Bertz CT molecular complexity index is 2960. The van der Waals surface area contributed by atoms with E-state index in [4.69, 9.17) is 9.97 Å². The lowest BCUT2D eigenvalue weighted by molar-refractivity contribution is 0.102. The number of halogens is 1. The zero-order chi connectivity index (χ0) is 40.7. The highest BCUT2D eigenvalue weighted by atomic mass is 35.5. The first-order chi connectivity index (χ1) is 29.3. The van der Waals surface area contributed by atoms with Gasteiger partial charge in [-0.2, -0.15) is 0 Å². The highest BCUT2D eigenvalue weighted by Gasteiger charge is 2.21. The molecule has 8 bridgehead atoms. The molecule has 3 N–H and O–H groups in total. The van der Waals surface area contributed by atoms with Crippen LogP contribution in [0, 0.1) is 0 Å². The molecule has 0 saturated carbocycles. The molecule has 1 amide bonds. The van der Waals surface area contributed by atoms with E-state index in [9.17, 15) is 4.79 Å². The van der Waals surface area contributed by atoms with Gasteiger partial charge in [-0.05, 0) is 132 Å². The molecule has 9 nitrogen and oxygen atoms in total. The van der Waals surface area contributed by atoms with E-state index in [1.807, 2.05) is 42.5 Å². The van der Waals surface area contributed by atoms with Crippen molar-refractivity contribution >= 4 is 87.1 Å². The average Bonchev–Trinajstić information content (AvgIpc) is 4.12. The SMILES string of the molecule is CN1C=CC(c2c3nc(c(C4=CCN(C)C=C4)c4ccc([nH]4)c(-c4ccc(NC(=O)c5ccccc5)cc4)c4nc(c(C5=CCN(C)C=C5)c5ccc2[nH]5)C=C4)C=C3)=CC1.Cl. The van der Waals surface area contributed by atoms with Crippen LogP contribution in [-0.2, 0) is 0 Å². The monoisotopic (exact) mass is 820 g/mol. The number of carbonyl (C=O) groups excluding carboxylic acids is 1. The van der Waals surface area contributed by atoms with Gasteiger partial charge in [0.15, 0.2) is 0 Å². The van der Waals surface area contributed by atoms with Crippen LogP contribution in [0.15, 0.2) is 134 Å². The summed E-state index contributed by atoms with van der Waals surface area (Å²) in [5.74, 6) is -0.154. The van der Waals surface area contributed by atoms with Gasteiger partial charge in [-0.1, -0.05) is 48.6 Å². The first-order valence-corrected chi connectivity index (χ1v) is 20.2. The van der Waals surface area contributed by atoms with Crippen LogP contribution in [-0.4, -0.2) is 81.3 Å². The van der Waals surface area contributed by atoms with Crippen LogP contribution in [0.3, 0.4) is 0 Å². The minimum absolute atomic E-state index is 0. The van der Waals surface area contributed by atoms with Gasteiger partial charge in [0, 0.05) is 96.3 Å². The Labute approximate surface area is 361 Å². The fourth-order valence-electron chi connectivity index (χ4n) is 8.23. The summed E-state index contributed by atoms with van der Waals surface area (Å²) >= 11 is 0. The Morgan fingerprint density at radius 2 is 0.902 bits per heavy atom. The van der Waals surface area contributed by atoms with Crippen molar-refractivity contribution in [1.29, 1.82) is 0 Å². The Morgan fingerprint density at radius 3 is 1.30 bits per heavy atom. The van der Waals surface area contributed by atoms with Gasteiger partial charge in [-0.25, -0.2) is 9.97 Å². The average molecular weight is 821 g/mol. The van der Waals surface area contributed by atoms with Crippen LogP contribution in [0.1, 0.15) is 49.8 Å². The van der Waals surface area contributed by atoms with Gasteiger partial charge in [0.2, 0.25) is 0 Å². The van der Waals surface area contributed by atoms with Crippen molar-refractivity contribution in [3.63, 3.8) is 0 Å². The van der Waals surface area contributed by atoms with Crippen molar-refractivity contribution in [2.45, 2.75) is 0 Å². The van der Waals surface area contributed by atoms with Crippen molar-refractivity contribution in [1.82, 2.24) is 34.6 Å². The molecule has 8 heterocycles. The molecular weight excluding hydrogens is 776 g/mol. The first kappa shape index (κ1) is 39.1. The van der Waals surface area contributed by atoms with Crippen molar-refractivity contribution in [2.75, 3.05) is 46.1 Å². The lowest BCUT2D eigenvalue weighted by Crippen LogP contribution is -2.13. The maximum Gasteiger partial charge on any atom is 0.255 e. The zero-order valence-electron chi connectivity index (χ0n) is 34.2. The zero-order valence-corrected chi connectivity index (χ0v) is 35.0. The van der Waals surface area contributed by atoms with E-state index >= 15 is 0 Å². The lowest BCUT2D eigenvalue weighted by atomic mass is 10.0. The molecule has 0 atom stereocenters. The number of fused-ring (bicyclic) bond motifs is 8. The van der Waals surface area contributed by atoms with E-state index in [1.165, 1.54) is 0 Å². The summed E-state index contributed by atoms with van der Waals surface area (Å²) in [6, 6.07) is 25.9. The minimum Gasteiger partial charge on any atom is -0.377 e. The second-order valence-corrected chi connectivity index (χ2v) is 15.6. The predicted octanol–water partition coefficient (Wildman–Crippen LogP) is 10.5. The molecule has 5 aromatic rings. The van der Waals surface area contributed by atoms with Crippen molar-refractivity contribution in [3.05, 3.63) is 179 Å². The molecule has 0 unspecified atom stereocenters. The standard InChI is InChI=1S/C51H44N8O.ClH/c1-57-27-21-34(22-28-57)48-41-15-13-39(53-41)47(33-9-11-38(12-10-33)52-51(60)37-7-5-4-6-8-37)40-14-16-42(54-40)49(35-23-29-58(2)30-24-35)44-18-20-46(56-44)50(45-19-17-43(48)55-45)36-25-31-59(3)32-26-36;/h4-27,29,31,53,56H,28,30,32H2,1-3H3,(H,52,60);1H. The van der Waals surface area contributed by atoms with E-state index in [-0.39, 0.29) is 18.3 Å². The lowest BCUT2D eigenvalue weighted by Gasteiger charge is -2.18. The molecule has 61 heavy (non-hydrogen) atoms. The van der Waals surface area contributed by atoms with Gasteiger partial charge in [-0.3, -0.25) is 4.79 Å². The number of benzene rings is 2. The van der Waals surface area contributed by atoms with E-state index in [1.54, 1.807) is 0 Å². The third-order valence-electron chi connectivity index (χ3n) is 11.4. The number of aromatic amines is 2. The number of rotatable bonds is 6. The summed E-state index contributed by atoms with van der Waals surface area (Å²) in [4.78, 5) is 38.1. The number of hydrogen-bond acceptors (Lipinski definition) is 6. The summed E-state index contributed by atoms with van der Waals surface area (Å²) in [5.41, 5.74) is 16.9. The number of H-pyrrole nitrogens is 2.